The van der Waals surface area contributed by atoms with Crippen molar-refractivity contribution in [2.24, 2.45) is 0 Å². The van der Waals surface area contributed by atoms with Crippen LogP contribution >= 0.6 is 0 Å². The van der Waals surface area contributed by atoms with Gasteiger partial charge in [-0.1, -0.05) is 363 Å². The first kappa shape index (κ1) is 97.4. The van der Waals surface area contributed by atoms with E-state index in [1.54, 1.807) is 0 Å². The van der Waals surface area contributed by atoms with E-state index in [0.717, 1.165) is 135 Å². The molecule has 0 aliphatic rings. The molecule has 2 unspecified atom stereocenters. The van der Waals surface area contributed by atoms with Crippen molar-refractivity contribution in [3.05, 3.63) is 182 Å². The van der Waals surface area contributed by atoms with Crippen LogP contribution in [0.2, 0.25) is 0 Å². The number of nitrogens with zero attached hydrogens (tertiary/aromatic N) is 1. The Kier molecular flexibility index (Phi) is 77.6. The van der Waals surface area contributed by atoms with E-state index in [1.165, 1.54) is 167 Å². The van der Waals surface area contributed by atoms with Gasteiger partial charge in [0.05, 0.1) is 34.4 Å². The Morgan fingerprint density at radius 3 is 0.825 bits per heavy atom. The molecule has 9 heteroatoms. The molecule has 103 heavy (non-hydrogen) atoms. The second kappa shape index (κ2) is 82.1. The minimum atomic E-state index is -1.53. The second-order valence-electron chi connectivity index (χ2n) is 28.7. The zero-order valence-corrected chi connectivity index (χ0v) is 66.9. The molecule has 0 spiro atoms. The molecule has 584 valence electrons. The second-order valence-corrected chi connectivity index (χ2v) is 28.7. The SMILES string of the molecule is CC/C=C\C/C=C\C/C=C\C/C=C\C/C=C\C/C=C\C/C=C\C/C=C\C/C=C\C/C=C\C/C=C\C/C=C\CCCCCCC(=O)OC(COC(=O)CCCCCCCCCCCCCCCCCCCCCCCC/C=C\C/C=C\C/C=C\CCCCCCC)COC(OCC[N+](C)(C)C)C(=O)O. The van der Waals surface area contributed by atoms with E-state index >= 15 is 0 Å². The van der Waals surface area contributed by atoms with Gasteiger partial charge in [0.1, 0.15) is 13.2 Å². The first-order valence-corrected chi connectivity index (χ1v) is 41.9. The van der Waals surface area contributed by atoms with Gasteiger partial charge in [0.15, 0.2) is 6.10 Å². The molecule has 2 atom stereocenters. The summed E-state index contributed by atoms with van der Waals surface area (Å²) in [5.41, 5.74) is 0. The third kappa shape index (κ3) is 83.5. The van der Waals surface area contributed by atoms with Crippen LogP contribution in [-0.2, 0) is 33.3 Å². The number of carboxylic acid groups (broad SMARTS) is 1. The highest BCUT2D eigenvalue weighted by Gasteiger charge is 2.25. The van der Waals surface area contributed by atoms with Crippen molar-refractivity contribution in [1.82, 2.24) is 0 Å². The minimum absolute atomic E-state index is 0.175. The molecule has 0 aliphatic carbocycles. The van der Waals surface area contributed by atoms with Gasteiger partial charge in [-0.15, -0.1) is 0 Å². The van der Waals surface area contributed by atoms with Gasteiger partial charge in [-0.3, -0.25) is 9.59 Å². The standard InChI is InChI=1S/C94H155NO8/c1-6-8-10-12-14-16-18-20-22-24-26-28-30-32-34-36-38-40-42-44-45-46-47-49-51-53-55-57-59-61-63-65-67-69-71-73-75-77-79-81-83-85-92(97)103-90(89-102-94(93(98)99)100-87-86-95(3,4)5)88-101-91(96)84-82-80-78-76-74-72-70-68-66-64-62-60-58-56-54-52-50-48-43-41-39-37-35-33-31-29-27-25-23-21-19-17-15-13-11-9-7-2/h8,10,14,16,19-22,25-28,31-34,38,40,44-45,47,49,53,55,59,61,65,67,71,73,90,94H,6-7,9,11-13,15,17-18,23-24,29-30,35-37,39,41-43,46,48,50-52,54,56-58,60,62-64,66,68-70,72,74-89H2,1-5H3/p+1/b10-8-,16-14-,21-19-,22-20-,27-25-,28-26-,33-31-,34-32-,40-38-,45-44-,49-47-,55-53-,61-59-,67-65-,73-71-. The summed E-state index contributed by atoms with van der Waals surface area (Å²) in [6.45, 7) is 4.73. The molecule has 0 aromatic heterocycles. The summed E-state index contributed by atoms with van der Waals surface area (Å²) >= 11 is 0. The van der Waals surface area contributed by atoms with Crippen molar-refractivity contribution in [2.45, 2.75) is 347 Å². The Morgan fingerprint density at radius 2 is 0.553 bits per heavy atom. The molecular formula is C94H156NO8+. The van der Waals surface area contributed by atoms with Crippen LogP contribution < -0.4 is 0 Å². The maximum Gasteiger partial charge on any atom is 0.361 e. The Bertz CT molecular complexity index is 2360. The lowest BCUT2D eigenvalue weighted by molar-refractivity contribution is -0.870. The first-order valence-electron chi connectivity index (χ1n) is 41.9. The number of carbonyl (C=O) groups is 3. The van der Waals surface area contributed by atoms with Crippen molar-refractivity contribution >= 4 is 17.9 Å². The number of carboxylic acids is 1. The lowest BCUT2D eigenvalue weighted by atomic mass is 10.0. The van der Waals surface area contributed by atoms with Crippen LogP contribution in [0.4, 0.5) is 0 Å². The van der Waals surface area contributed by atoms with Gasteiger partial charge >= 0.3 is 17.9 Å². The van der Waals surface area contributed by atoms with Crippen LogP contribution in [0.25, 0.3) is 0 Å². The fraction of sp³-hybridized carbons (Fsp3) is 0.649. The Morgan fingerprint density at radius 1 is 0.301 bits per heavy atom. The fourth-order valence-corrected chi connectivity index (χ4v) is 11.3. The highest BCUT2D eigenvalue weighted by atomic mass is 16.7. The van der Waals surface area contributed by atoms with Gasteiger partial charge in [-0.05, 0) is 141 Å². The summed E-state index contributed by atoms with van der Waals surface area (Å²) in [6.07, 6.45) is 122. The van der Waals surface area contributed by atoms with E-state index in [1.807, 2.05) is 21.1 Å². The summed E-state index contributed by atoms with van der Waals surface area (Å²) in [7, 11) is 5.97. The predicted molar refractivity (Wildman–Crippen MR) is 446 cm³/mol. The summed E-state index contributed by atoms with van der Waals surface area (Å²) in [4.78, 5) is 37.8. The third-order valence-electron chi connectivity index (χ3n) is 17.6. The largest absolute Gasteiger partial charge is 0.477 e. The fourth-order valence-electron chi connectivity index (χ4n) is 11.3. The maximum absolute atomic E-state index is 13.0. The number of aliphatic carboxylic acids is 1. The van der Waals surface area contributed by atoms with E-state index in [9.17, 15) is 19.5 Å². The minimum Gasteiger partial charge on any atom is -0.477 e. The average molecular weight is 1430 g/mol. The van der Waals surface area contributed by atoms with Crippen LogP contribution in [0.15, 0.2) is 182 Å². The van der Waals surface area contributed by atoms with E-state index in [2.05, 4.69) is 196 Å². The molecule has 0 heterocycles. The highest BCUT2D eigenvalue weighted by Crippen LogP contribution is 2.18. The van der Waals surface area contributed by atoms with Crippen molar-refractivity contribution in [2.75, 3.05) is 47.5 Å². The summed E-state index contributed by atoms with van der Waals surface area (Å²) in [5, 5.41) is 9.78. The smallest absolute Gasteiger partial charge is 0.361 e. The number of likely N-dealkylation sites (N-methyl/N-ethyl adjacent to an activating group) is 1. The normalized spacial score (nSPS) is 13.6. The first-order chi connectivity index (χ1) is 50.6. The number of hydrogen-bond donors (Lipinski definition) is 1. The molecule has 0 saturated carbocycles. The predicted octanol–water partition coefficient (Wildman–Crippen LogP) is 27.5. The highest BCUT2D eigenvalue weighted by molar-refractivity contribution is 5.71. The molecule has 0 amide bonds. The van der Waals surface area contributed by atoms with E-state index in [4.69, 9.17) is 18.9 Å². The number of allylic oxidation sites excluding steroid dienone is 30. The monoisotopic (exact) mass is 1430 g/mol. The van der Waals surface area contributed by atoms with Gasteiger partial charge in [-0.2, -0.15) is 0 Å². The molecule has 0 rings (SSSR count). The molecule has 0 aromatic carbocycles. The molecule has 9 nitrogen and oxygen atoms in total. The van der Waals surface area contributed by atoms with Gasteiger partial charge in [-0.25, -0.2) is 4.79 Å². The Labute approximate surface area is 634 Å². The average Bonchev–Trinajstić information content (AvgIpc) is 1.01. The molecule has 0 aromatic rings. The van der Waals surface area contributed by atoms with E-state index < -0.39 is 24.3 Å². The van der Waals surface area contributed by atoms with Crippen molar-refractivity contribution in [1.29, 1.82) is 0 Å². The lowest BCUT2D eigenvalue weighted by Crippen LogP contribution is -2.40. The summed E-state index contributed by atoms with van der Waals surface area (Å²) in [6, 6.07) is 0. The van der Waals surface area contributed by atoms with Gasteiger partial charge < -0.3 is 28.5 Å². The van der Waals surface area contributed by atoms with Crippen LogP contribution in [0, 0.1) is 0 Å². The van der Waals surface area contributed by atoms with Crippen molar-refractivity contribution < 1.29 is 42.9 Å². The van der Waals surface area contributed by atoms with E-state index in [0.29, 0.717) is 17.4 Å². The summed E-state index contributed by atoms with van der Waals surface area (Å²) in [5.74, 6) is -2.04. The maximum atomic E-state index is 13.0. The zero-order valence-electron chi connectivity index (χ0n) is 66.9. The number of esters is 2. The van der Waals surface area contributed by atoms with Crippen LogP contribution in [0.1, 0.15) is 335 Å². The molecule has 1 N–H and O–H groups in total. The van der Waals surface area contributed by atoms with Gasteiger partial charge in [0.2, 0.25) is 0 Å². The molecule has 0 fully saturated rings. The number of carbonyl (C=O) groups excluding carboxylic acids is 2. The summed E-state index contributed by atoms with van der Waals surface area (Å²) < 4.78 is 23.0. The molecule has 0 bridgehead atoms. The van der Waals surface area contributed by atoms with Crippen LogP contribution in [0.3, 0.4) is 0 Å². The van der Waals surface area contributed by atoms with Crippen LogP contribution in [-0.4, -0.2) is 87.4 Å². The third-order valence-corrected chi connectivity index (χ3v) is 17.6. The lowest BCUT2D eigenvalue weighted by Gasteiger charge is -2.25. The Balaban J connectivity index is 4.12. The van der Waals surface area contributed by atoms with Crippen molar-refractivity contribution in [3.63, 3.8) is 0 Å². The zero-order chi connectivity index (χ0) is 74.6. The Hall–Kier alpha value is -5.61. The number of unbranched alkanes of at least 4 members (excludes halogenated alkanes) is 31. The molecule has 0 saturated heterocycles. The number of ether oxygens (including phenoxy) is 4. The number of rotatable bonds is 76. The van der Waals surface area contributed by atoms with E-state index in [-0.39, 0.29) is 38.6 Å². The molecule has 0 aliphatic heterocycles. The topological polar surface area (TPSA) is 108 Å². The van der Waals surface area contributed by atoms with Crippen LogP contribution in [0.5, 0.6) is 0 Å². The number of hydrogen-bond acceptors (Lipinski definition) is 7. The van der Waals surface area contributed by atoms with Crippen molar-refractivity contribution in [3.8, 4) is 0 Å². The van der Waals surface area contributed by atoms with Gasteiger partial charge in [0.25, 0.3) is 6.29 Å². The number of quaternary nitrogens is 1. The van der Waals surface area contributed by atoms with Gasteiger partial charge in [0, 0.05) is 12.8 Å². The molecular weight excluding hydrogens is 1270 g/mol. The quantitative estimate of drug-likeness (QED) is 0.0211. The molecule has 0 radical (unpaired) electrons.